The Morgan fingerprint density at radius 2 is 2.00 bits per heavy atom. The number of pyridine rings is 1. The second-order valence-corrected chi connectivity index (χ2v) is 5.16. The third-order valence-corrected chi connectivity index (χ3v) is 3.72. The van der Waals surface area contributed by atoms with E-state index in [0.29, 0.717) is 15.5 Å². The zero-order chi connectivity index (χ0) is 15.1. The Bertz CT molecular complexity index is 605. The van der Waals surface area contributed by atoms with Crippen LogP contribution in [0.3, 0.4) is 0 Å². The van der Waals surface area contributed by atoms with Crippen molar-refractivity contribution >= 4 is 23.7 Å². The van der Waals surface area contributed by atoms with Crippen LogP contribution in [0.15, 0.2) is 53.6 Å². The molecule has 0 saturated heterocycles. The van der Waals surface area contributed by atoms with E-state index in [0.717, 1.165) is 5.56 Å². The highest BCUT2D eigenvalue weighted by Crippen LogP contribution is 2.20. The van der Waals surface area contributed by atoms with Crippen molar-refractivity contribution < 1.29 is 14.3 Å². The van der Waals surface area contributed by atoms with E-state index in [1.165, 1.54) is 17.8 Å². The molecule has 0 aliphatic carbocycles. The van der Waals surface area contributed by atoms with Crippen molar-refractivity contribution in [1.82, 2.24) is 0 Å². The average molecular weight is 304 g/mol. The minimum Gasteiger partial charge on any atom is -0.710 e. The Kier molecular flexibility index (Phi) is 5.45. The van der Waals surface area contributed by atoms with Gasteiger partial charge in [-0.15, -0.1) is 0 Å². The van der Waals surface area contributed by atoms with Crippen LogP contribution < -0.4 is 10.0 Å². The molecule has 0 unspecified atom stereocenters. The summed E-state index contributed by atoms with van der Waals surface area (Å²) < 4.78 is 5.46. The average Bonchev–Trinajstić information content (AvgIpc) is 2.49. The monoisotopic (exact) mass is 304 g/mol. The normalized spacial score (nSPS) is 10.1. The maximum absolute atomic E-state index is 12.2. The summed E-state index contributed by atoms with van der Waals surface area (Å²) in [5, 5.41) is 15.1. The van der Waals surface area contributed by atoms with Gasteiger partial charge in [0.05, 0.1) is 6.61 Å². The van der Waals surface area contributed by atoms with Crippen LogP contribution in [0, 0.1) is 5.21 Å². The second kappa shape index (κ2) is 7.54. The van der Waals surface area contributed by atoms with Gasteiger partial charge in [-0.3, -0.25) is 0 Å². The van der Waals surface area contributed by atoms with Gasteiger partial charge in [0.15, 0.2) is 5.03 Å². The summed E-state index contributed by atoms with van der Waals surface area (Å²) in [5.41, 5.74) is 1.13. The van der Waals surface area contributed by atoms with Crippen molar-refractivity contribution in [3.63, 3.8) is 0 Å². The third-order valence-electron chi connectivity index (χ3n) is 2.65. The van der Waals surface area contributed by atoms with E-state index in [4.69, 9.17) is 4.74 Å². The van der Waals surface area contributed by atoms with Gasteiger partial charge in [-0.05, 0) is 24.6 Å². The number of rotatable bonds is 5. The lowest BCUT2D eigenvalue weighted by Crippen LogP contribution is -2.35. The van der Waals surface area contributed by atoms with Gasteiger partial charge in [0.2, 0.25) is 0 Å². The number of hydrogen-bond acceptors (Lipinski definition) is 4. The SMILES string of the molecule is CCOC(=O)Nc1cccc(SCc2ccccc2)[n+]1[O-]. The van der Waals surface area contributed by atoms with Gasteiger partial charge in [0.25, 0.3) is 5.82 Å². The highest BCUT2D eigenvalue weighted by Gasteiger charge is 2.14. The summed E-state index contributed by atoms with van der Waals surface area (Å²) >= 11 is 1.41. The minimum atomic E-state index is -0.632. The molecular weight excluding hydrogens is 288 g/mol. The number of nitrogens with zero attached hydrogens (tertiary/aromatic N) is 1. The van der Waals surface area contributed by atoms with Crippen LogP contribution >= 0.6 is 11.8 Å². The van der Waals surface area contributed by atoms with Crippen LogP contribution in [0.25, 0.3) is 0 Å². The summed E-state index contributed by atoms with van der Waals surface area (Å²) in [4.78, 5) is 11.4. The van der Waals surface area contributed by atoms with Crippen LogP contribution in [0.1, 0.15) is 12.5 Å². The Morgan fingerprint density at radius 1 is 1.24 bits per heavy atom. The van der Waals surface area contributed by atoms with E-state index < -0.39 is 6.09 Å². The first-order valence-corrected chi connectivity index (χ1v) is 7.52. The third kappa shape index (κ3) is 4.39. The first kappa shape index (κ1) is 15.2. The lowest BCUT2D eigenvalue weighted by Gasteiger charge is -2.12. The molecular formula is C15H16N2O3S. The van der Waals surface area contributed by atoms with E-state index in [-0.39, 0.29) is 12.4 Å². The Labute approximate surface area is 127 Å². The molecule has 1 heterocycles. The van der Waals surface area contributed by atoms with Gasteiger partial charge in [-0.1, -0.05) is 42.1 Å². The van der Waals surface area contributed by atoms with Crippen molar-refractivity contribution in [3.8, 4) is 0 Å². The molecule has 1 aromatic heterocycles. The first-order valence-electron chi connectivity index (χ1n) is 6.53. The Balaban J connectivity index is 2.05. The van der Waals surface area contributed by atoms with Gasteiger partial charge in [0.1, 0.15) is 0 Å². The quantitative estimate of drug-likeness (QED) is 0.523. The van der Waals surface area contributed by atoms with E-state index in [1.807, 2.05) is 30.3 Å². The van der Waals surface area contributed by atoms with Gasteiger partial charge >= 0.3 is 6.09 Å². The number of carbonyl (C=O) groups is 1. The van der Waals surface area contributed by atoms with Gasteiger partial charge in [-0.2, -0.15) is 10.1 Å². The molecule has 0 saturated carbocycles. The van der Waals surface area contributed by atoms with E-state index in [9.17, 15) is 10.0 Å². The van der Waals surface area contributed by atoms with Gasteiger partial charge in [-0.25, -0.2) is 4.73 Å². The van der Waals surface area contributed by atoms with Crippen molar-refractivity contribution in [1.29, 1.82) is 0 Å². The molecule has 1 amide bonds. The fourth-order valence-corrected chi connectivity index (χ4v) is 2.58. The van der Waals surface area contributed by atoms with Crippen molar-refractivity contribution in [2.45, 2.75) is 17.7 Å². The molecule has 0 spiro atoms. The molecule has 0 radical (unpaired) electrons. The van der Waals surface area contributed by atoms with Crippen molar-refractivity contribution in [3.05, 3.63) is 59.3 Å². The van der Waals surface area contributed by atoms with Crippen molar-refractivity contribution in [2.75, 3.05) is 11.9 Å². The number of amides is 1. The van der Waals surface area contributed by atoms with Gasteiger partial charge in [0, 0.05) is 11.8 Å². The number of nitrogens with one attached hydrogen (secondary N) is 1. The van der Waals surface area contributed by atoms with E-state index >= 15 is 0 Å². The molecule has 0 aliphatic heterocycles. The molecule has 110 valence electrons. The molecule has 2 rings (SSSR count). The fraction of sp³-hybridized carbons (Fsp3) is 0.200. The smallest absolute Gasteiger partial charge is 0.504 e. The minimum absolute atomic E-state index is 0.159. The lowest BCUT2D eigenvalue weighted by atomic mass is 10.2. The van der Waals surface area contributed by atoms with E-state index in [2.05, 4.69) is 5.32 Å². The summed E-state index contributed by atoms with van der Waals surface area (Å²) in [6.45, 7) is 1.96. The maximum Gasteiger partial charge on any atom is 0.504 e. The number of aromatic nitrogens is 1. The number of carbonyl (C=O) groups excluding carboxylic acids is 1. The zero-order valence-corrected chi connectivity index (χ0v) is 12.4. The highest BCUT2D eigenvalue weighted by molar-refractivity contribution is 7.98. The molecule has 0 aliphatic rings. The largest absolute Gasteiger partial charge is 0.710 e. The fourth-order valence-electron chi connectivity index (χ4n) is 1.68. The standard InChI is InChI=1S/C15H16N2O3S/c1-2-20-15(18)16-13-9-6-10-14(17(13)19)21-11-12-7-4-3-5-8-12/h3-10H,2,11H2,1H3,(H,16,18). The Hall–Kier alpha value is -2.21. The maximum atomic E-state index is 12.2. The summed E-state index contributed by atoms with van der Waals surface area (Å²) in [6, 6.07) is 14.9. The Morgan fingerprint density at radius 3 is 2.71 bits per heavy atom. The van der Waals surface area contributed by atoms with Crippen LogP contribution in [0.4, 0.5) is 10.6 Å². The predicted molar refractivity (Wildman–Crippen MR) is 82.0 cm³/mol. The van der Waals surface area contributed by atoms with E-state index in [1.54, 1.807) is 19.1 Å². The van der Waals surface area contributed by atoms with Crippen LogP contribution in [-0.4, -0.2) is 12.7 Å². The molecule has 1 aromatic carbocycles. The summed E-state index contributed by atoms with van der Waals surface area (Å²) in [6.07, 6.45) is -0.632. The highest BCUT2D eigenvalue weighted by atomic mass is 32.2. The molecule has 6 heteroatoms. The number of hydrogen-bond donors (Lipinski definition) is 1. The molecule has 0 fully saturated rings. The van der Waals surface area contributed by atoms with Crippen LogP contribution in [0.2, 0.25) is 0 Å². The summed E-state index contributed by atoms with van der Waals surface area (Å²) in [5.74, 6) is 0.845. The van der Waals surface area contributed by atoms with Crippen molar-refractivity contribution in [2.24, 2.45) is 0 Å². The van der Waals surface area contributed by atoms with Crippen LogP contribution in [-0.2, 0) is 10.5 Å². The number of anilines is 1. The topological polar surface area (TPSA) is 65.3 Å². The molecule has 2 aromatic rings. The summed E-state index contributed by atoms with van der Waals surface area (Å²) in [7, 11) is 0. The molecule has 0 bridgehead atoms. The number of ether oxygens (including phenoxy) is 1. The number of benzene rings is 1. The number of thioether (sulfide) groups is 1. The zero-order valence-electron chi connectivity index (χ0n) is 11.6. The van der Waals surface area contributed by atoms with Crippen LogP contribution in [0.5, 0.6) is 0 Å². The molecule has 5 nitrogen and oxygen atoms in total. The van der Waals surface area contributed by atoms with Gasteiger partial charge < -0.3 is 9.94 Å². The molecule has 0 atom stereocenters. The second-order valence-electron chi connectivity index (χ2n) is 4.16. The first-order chi connectivity index (χ1) is 10.2. The molecule has 1 N–H and O–H groups in total. The predicted octanol–water partition coefficient (Wildman–Crippen LogP) is 3.18. The lowest BCUT2D eigenvalue weighted by molar-refractivity contribution is -0.630. The molecule has 21 heavy (non-hydrogen) atoms.